The van der Waals surface area contributed by atoms with Gasteiger partial charge in [0, 0.05) is 13.1 Å². The molecule has 20 heavy (non-hydrogen) atoms. The van der Waals surface area contributed by atoms with E-state index in [1.165, 1.54) is 0 Å². The second-order valence-electron chi connectivity index (χ2n) is 6.16. The minimum atomic E-state index is -0.951. The summed E-state index contributed by atoms with van der Waals surface area (Å²) < 4.78 is 0. The van der Waals surface area contributed by atoms with Crippen LogP contribution in [0, 0.1) is 11.8 Å². The Morgan fingerprint density at radius 3 is 2.55 bits per heavy atom. The Kier molecular flexibility index (Phi) is 6.82. The Hall–Kier alpha value is -1.26. The smallest absolute Gasteiger partial charge is 0.326 e. The summed E-state index contributed by atoms with van der Waals surface area (Å²) in [4.78, 5) is 25.1. The Morgan fingerprint density at radius 2 is 2.00 bits per heavy atom. The molecule has 1 heterocycles. The van der Waals surface area contributed by atoms with E-state index in [1.54, 1.807) is 4.90 Å². The molecule has 116 valence electrons. The van der Waals surface area contributed by atoms with Crippen LogP contribution in [-0.4, -0.2) is 41.1 Å². The van der Waals surface area contributed by atoms with E-state index in [-0.39, 0.29) is 11.9 Å². The molecule has 0 spiro atoms. The average molecular weight is 284 g/mol. The Labute approximate surface area is 121 Å². The third-order valence-electron chi connectivity index (χ3n) is 4.02. The van der Waals surface area contributed by atoms with E-state index >= 15 is 0 Å². The van der Waals surface area contributed by atoms with Gasteiger partial charge in [0.05, 0.1) is 0 Å². The van der Waals surface area contributed by atoms with Crippen LogP contribution in [0.1, 0.15) is 52.9 Å². The summed E-state index contributed by atoms with van der Waals surface area (Å²) in [5.41, 5.74) is 0. The van der Waals surface area contributed by atoms with Crippen molar-refractivity contribution in [3.05, 3.63) is 0 Å². The van der Waals surface area contributed by atoms with Crippen LogP contribution >= 0.6 is 0 Å². The van der Waals surface area contributed by atoms with Gasteiger partial charge in [0.1, 0.15) is 6.04 Å². The number of nitrogens with one attached hydrogen (secondary N) is 1. The summed E-state index contributed by atoms with van der Waals surface area (Å²) in [6.45, 7) is 7.57. The van der Waals surface area contributed by atoms with Gasteiger partial charge in [-0.3, -0.25) is 0 Å². The van der Waals surface area contributed by atoms with Crippen LogP contribution in [-0.2, 0) is 4.79 Å². The number of rotatable bonds is 5. The number of carboxylic acid groups (broad SMARTS) is 1. The fourth-order valence-electron chi connectivity index (χ4n) is 2.71. The highest BCUT2D eigenvalue weighted by atomic mass is 16.4. The van der Waals surface area contributed by atoms with Gasteiger partial charge in [-0.2, -0.15) is 0 Å². The highest BCUT2D eigenvalue weighted by Crippen LogP contribution is 2.20. The maximum Gasteiger partial charge on any atom is 0.326 e. The number of carbonyl (C=O) groups excluding carboxylic acids is 1. The molecule has 0 bridgehead atoms. The number of carbonyl (C=O) groups is 2. The molecule has 1 aliphatic heterocycles. The van der Waals surface area contributed by atoms with Crippen molar-refractivity contribution < 1.29 is 14.7 Å². The highest BCUT2D eigenvalue weighted by Gasteiger charge is 2.25. The fourth-order valence-corrected chi connectivity index (χ4v) is 2.71. The molecule has 0 aromatic carbocycles. The van der Waals surface area contributed by atoms with Gasteiger partial charge in [0.15, 0.2) is 0 Å². The highest BCUT2D eigenvalue weighted by molar-refractivity contribution is 5.82. The third kappa shape index (κ3) is 5.39. The Morgan fingerprint density at radius 1 is 1.30 bits per heavy atom. The lowest BCUT2D eigenvalue weighted by Gasteiger charge is -2.24. The number of nitrogens with zero attached hydrogens (tertiary/aromatic N) is 1. The lowest BCUT2D eigenvalue weighted by Crippen LogP contribution is -2.48. The number of hydrogen-bond donors (Lipinski definition) is 2. The summed E-state index contributed by atoms with van der Waals surface area (Å²) in [7, 11) is 0. The van der Waals surface area contributed by atoms with Gasteiger partial charge < -0.3 is 15.3 Å². The number of carboxylic acids is 1. The van der Waals surface area contributed by atoms with Crippen LogP contribution in [0.3, 0.4) is 0 Å². The van der Waals surface area contributed by atoms with Gasteiger partial charge in [-0.15, -0.1) is 0 Å². The molecule has 2 atom stereocenters. The van der Waals surface area contributed by atoms with Crippen molar-refractivity contribution in [1.29, 1.82) is 0 Å². The maximum atomic E-state index is 12.2. The van der Waals surface area contributed by atoms with E-state index in [0.29, 0.717) is 12.3 Å². The molecule has 5 heteroatoms. The molecule has 0 saturated carbocycles. The number of hydrogen-bond acceptors (Lipinski definition) is 2. The molecular weight excluding hydrogens is 256 g/mol. The minimum Gasteiger partial charge on any atom is -0.480 e. The molecule has 1 saturated heterocycles. The predicted octanol–water partition coefficient (Wildman–Crippen LogP) is 2.71. The van der Waals surface area contributed by atoms with Crippen molar-refractivity contribution in [1.82, 2.24) is 10.2 Å². The first-order valence-corrected chi connectivity index (χ1v) is 7.72. The lowest BCUT2D eigenvalue weighted by molar-refractivity contribution is -0.139. The third-order valence-corrected chi connectivity index (χ3v) is 4.02. The van der Waals surface area contributed by atoms with Gasteiger partial charge in [-0.25, -0.2) is 9.59 Å². The van der Waals surface area contributed by atoms with Gasteiger partial charge >= 0.3 is 12.0 Å². The van der Waals surface area contributed by atoms with Crippen molar-refractivity contribution in [3.63, 3.8) is 0 Å². The number of likely N-dealkylation sites (tertiary alicyclic amines) is 1. The van der Waals surface area contributed by atoms with Crippen molar-refractivity contribution in [2.45, 2.75) is 58.9 Å². The molecular formula is C15H28N2O3. The first-order valence-electron chi connectivity index (χ1n) is 7.72. The zero-order chi connectivity index (χ0) is 15.1. The molecule has 1 unspecified atom stereocenters. The minimum absolute atomic E-state index is 0.227. The molecule has 5 nitrogen and oxygen atoms in total. The quantitative estimate of drug-likeness (QED) is 0.815. The van der Waals surface area contributed by atoms with Crippen molar-refractivity contribution in [3.8, 4) is 0 Å². The van der Waals surface area contributed by atoms with Crippen LogP contribution in [0.25, 0.3) is 0 Å². The molecule has 1 fully saturated rings. The summed E-state index contributed by atoms with van der Waals surface area (Å²) in [5.74, 6) is -0.0166. The second-order valence-corrected chi connectivity index (χ2v) is 6.16. The molecule has 1 aliphatic rings. The molecule has 2 N–H and O–H groups in total. The lowest BCUT2D eigenvalue weighted by atomic mass is 9.98. The molecule has 0 aliphatic carbocycles. The summed E-state index contributed by atoms with van der Waals surface area (Å²) in [6.07, 6.45) is 4.81. The van der Waals surface area contributed by atoms with Crippen LogP contribution in [0.2, 0.25) is 0 Å². The van der Waals surface area contributed by atoms with Crippen molar-refractivity contribution in [2.75, 3.05) is 13.1 Å². The van der Waals surface area contributed by atoms with Crippen molar-refractivity contribution in [2.24, 2.45) is 11.8 Å². The standard InChI is InChI=1S/C15H28N2O3/c1-4-12-6-5-8-17(9-7-12)15(20)16-13(14(18)19)10-11(2)3/h11-13H,4-10H2,1-3H3,(H,16,20)(H,18,19)/t12?,13-/m0/s1. The SMILES string of the molecule is CCC1CCCN(C(=O)N[C@@H](CC(C)C)C(=O)O)CC1. The Balaban J connectivity index is 2.53. The molecule has 0 aromatic heterocycles. The van der Waals surface area contributed by atoms with E-state index in [1.807, 2.05) is 13.8 Å². The number of aliphatic carboxylic acids is 1. The van der Waals surface area contributed by atoms with Gasteiger partial charge in [0.25, 0.3) is 0 Å². The first kappa shape index (κ1) is 16.8. The largest absolute Gasteiger partial charge is 0.480 e. The topological polar surface area (TPSA) is 69.6 Å². The van der Waals surface area contributed by atoms with E-state index in [0.717, 1.165) is 38.8 Å². The van der Waals surface area contributed by atoms with E-state index < -0.39 is 12.0 Å². The van der Waals surface area contributed by atoms with E-state index in [9.17, 15) is 14.7 Å². The molecule has 0 aromatic rings. The monoisotopic (exact) mass is 284 g/mol. The maximum absolute atomic E-state index is 12.2. The summed E-state index contributed by atoms with van der Waals surface area (Å²) >= 11 is 0. The van der Waals surface area contributed by atoms with E-state index in [2.05, 4.69) is 12.2 Å². The zero-order valence-electron chi connectivity index (χ0n) is 12.9. The summed E-state index contributed by atoms with van der Waals surface area (Å²) in [6, 6.07) is -1.01. The van der Waals surface area contributed by atoms with Crippen LogP contribution < -0.4 is 5.32 Å². The van der Waals surface area contributed by atoms with Gasteiger partial charge in [0.2, 0.25) is 0 Å². The first-order chi connectivity index (χ1) is 9.43. The van der Waals surface area contributed by atoms with Gasteiger partial charge in [-0.1, -0.05) is 27.2 Å². The van der Waals surface area contributed by atoms with Crippen LogP contribution in [0.5, 0.6) is 0 Å². The normalized spacial score (nSPS) is 21.4. The van der Waals surface area contributed by atoms with Crippen LogP contribution in [0.15, 0.2) is 0 Å². The summed E-state index contributed by atoms with van der Waals surface area (Å²) in [5, 5.41) is 11.8. The Bertz CT molecular complexity index is 331. The van der Waals surface area contributed by atoms with E-state index in [4.69, 9.17) is 0 Å². The zero-order valence-corrected chi connectivity index (χ0v) is 12.9. The fraction of sp³-hybridized carbons (Fsp3) is 0.867. The number of urea groups is 1. The molecule has 0 radical (unpaired) electrons. The van der Waals surface area contributed by atoms with Crippen LogP contribution in [0.4, 0.5) is 4.79 Å². The average Bonchev–Trinajstić information content (AvgIpc) is 2.62. The second kappa shape index (κ2) is 8.12. The molecule has 1 rings (SSSR count). The molecule has 2 amide bonds. The van der Waals surface area contributed by atoms with Gasteiger partial charge in [-0.05, 0) is 37.5 Å². The number of amides is 2. The predicted molar refractivity (Wildman–Crippen MR) is 78.6 cm³/mol. The van der Waals surface area contributed by atoms with Crippen molar-refractivity contribution >= 4 is 12.0 Å².